The lowest BCUT2D eigenvalue weighted by atomic mass is 9.96. The molecule has 0 spiro atoms. The SMILES string of the molecule is COc1ccc(-c2nn(C)c3c2C(c2ccc(Br)cc2)N(CCc2ccccc2)C3=O)cc1. The van der Waals surface area contributed by atoms with E-state index in [1.54, 1.807) is 11.8 Å². The third-order valence-corrected chi connectivity index (χ3v) is 6.69. The van der Waals surface area contributed by atoms with Crippen molar-refractivity contribution in [3.05, 3.63) is 106 Å². The van der Waals surface area contributed by atoms with E-state index in [1.807, 2.05) is 66.5 Å². The van der Waals surface area contributed by atoms with Crippen LogP contribution in [-0.2, 0) is 13.5 Å². The maximum atomic E-state index is 13.7. The van der Waals surface area contributed by atoms with Crippen LogP contribution in [0.4, 0.5) is 0 Å². The van der Waals surface area contributed by atoms with Crippen molar-refractivity contribution in [3.8, 4) is 17.0 Å². The Morgan fingerprint density at radius 2 is 1.67 bits per heavy atom. The number of hydrogen-bond acceptors (Lipinski definition) is 3. The minimum absolute atomic E-state index is 0.0172. The topological polar surface area (TPSA) is 47.4 Å². The van der Waals surface area contributed by atoms with Crippen molar-refractivity contribution in [1.29, 1.82) is 0 Å². The van der Waals surface area contributed by atoms with Gasteiger partial charge in [-0.25, -0.2) is 0 Å². The van der Waals surface area contributed by atoms with Gasteiger partial charge in [-0.1, -0.05) is 58.4 Å². The van der Waals surface area contributed by atoms with Crippen molar-refractivity contribution in [2.24, 2.45) is 7.05 Å². The van der Waals surface area contributed by atoms with Gasteiger partial charge in [-0.2, -0.15) is 5.10 Å². The van der Waals surface area contributed by atoms with Gasteiger partial charge < -0.3 is 9.64 Å². The molecule has 166 valence electrons. The number of carbonyl (C=O) groups is 1. The second kappa shape index (κ2) is 8.87. The molecule has 0 bridgehead atoms. The molecule has 6 heteroatoms. The van der Waals surface area contributed by atoms with E-state index in [1.165, 1.54) is 5.56 Å². The molecule has 0 saturated carbocycles. The van der Waals surface area contributed by atoms with E-state index in [2.05, 4.69) is 40.2 Å². The summed E-state index contributed by atoms with van der Waals surface area (Å²) in [6.45, 7) is 0.625. The maximum Gasteiger partial charge on any atom is 0.273 e. The molecule has 2 heterocycles. The van der Waals surface area contributed by atoms with Crippen LogP contribution in [0.3, 0.4) is 0 Å². The van der Waals surface area contributed by atoms with E-state index < -0.39 is 0 Å². The van der Waals surface area contributed by atoms with Crippen LogP contribution in [0.2, 0.25) is 0 Å². The summed E-state index contributed by atoms with van der Waals surface area (Å²) in [6.07, 6.45) is 0.791. The number of amides is 1. The number of ether oxygens (including phenoxy) is 1. The second-order valence-corrected chi connectivity index (χ2v) is 9.07. The monoisotopic (exact) mass is 501 g/mol. The van der Waals surface area contributed by atoms with Gasteiger partial charge in [-0.15, -0.1) is 0 Å². The average Bonchev–Trinajstić information content (AvgIpc) is 3.34. The van der Waals surface area contributed by atoms with Crippen LogP contribution in [0, 0.1) is 0 Å². The quantitative estimate of drug-likeness (QED) is 0.343. The summed E-state index contributed by atoms with van der Waals surface area (Å²) in [4.78, 5) is 15.7. The highest BCUT2D eigenvalue weighted by molar-refractivity contribution is 9.10. The molecule has 1 atom stereocenters. The zero-order valence-corrected chi connectivity index (χ0v) is 20.1. The Hall–Kier alpha value is -3.38. The summed E-state index contributed by atoms with van der Waals surface area (Å²) >= 11 is 3.53. The van der Waals surface area contributed by atoms with Gasteiger partial charge in [0.1, 0.15) is 11.4 Å². The van der Waals surface area contributed by atoms with Gasteiger partial charge >= 0.3 is 0 Å². The number of rotatable bonds is 6. The summed E-state index contributed by atoms with van der Waals surface area (Å²) in [6, 6.07) is 26.1. The van der Waals surface area contributed by atoms with E-state index in [-0.39, 0.29) is 11.9 Å². The predicted molar refractivity (Wildman–Crippen MR) is 132 cm³/mol. The van der Waals surface area contributed by atoms with E-state index in [9.17, 15) is 4.79 Å². The molecular weight excluding hydrogens is 478 g/mol. The first-order chi connectivity index (χ1) is 16.1. The Bertz CT molecular complexity index is 1280. The highest BCUT2D eigenvalue weighted by atomic mass is 79.9. The van der Waals surface area contributed by atoms with Crippen LogP contribution in [0.1, 0.15) is 33.2 Å². The van der Waals surface area contributed by atoms with E-state index >= 15 is 0 Å². The third-order valence-electron chi connectivity index (χ3n) is 6.17. The molecule has 0 saturated heterocycles. The van der Waals surface area contributed by atoms with Crippen LogP contribution >= 0.6 is 15.9 Å². The number of aryl methyl sites for hydroxylation is 1. The Labute approximate surface area is 201 Å². The summed E-state index contributed by atoms with van der Waals surface area (Å²) in [5.41, 5.74) is 5.70. The number of methoxy groups -OCH3 is 1. The molecule has 33 heavy (non-hydrogen) atoms. The van der Waals surface area contributed by atoms with E-state index in [4.69, 9.17) is 9.84 Å². The molecule has 5 nitrogen and oxygen atoms in total. The second-order valence-electron chi connectivity index (χ2n) is 8.15. The third kappa shape index (κ3) is 3.95. The maximum absolute atomic E-state index is 13.7. The molecule has 3 aromatic carbocycles. The highest BCUT2D eigenvalue weighted by Gasteiger charge is 2.43. The van der Waals surface area contributed by atoms with Crippen LogP contribution in [0.25, 0.3) is 11.3 Å². The van der Waals surface area contributed by atoms with Crippen molar-refractivity contribution in [1.82, 2.24) is 14.7 Å². The Balaban J connectivity index is 1.60. The number of fused-ring (bicyclic) bond motifs is 1. The van der Waals surface area contributed by atoms with Crippen LogP contribution < -0.4 is 4.74 Å². The van der Waals surface area contributed by atoms with E-state index in [0.29, 0.717) is 12.2 Å². The van der Waals surface area contributed by atoms with Crippen molar-refractivity contribution in [2.75, 3.05) is 13.7 Å². The van der Waals surface area contributed by atoms with Gasteiger partial charge in [0.15, 0.2) is 0 Å². The van der Waals surface area contributed by atoms with Crippen LogP contribution in [-0.4, -0.2) is 34.2 Å². The van der Waals surface area contributed by atoms with Gasteiger partial charge in [0.2, 0.25) is 0 Å². The molecule has 0 N–H and O–H groups in total. The lowest BCUT2D eigenvalue weighted by Gasteiger charge is -2.26. The Kier molecular flexibility index (Phi) is 5.77. The molecular formula is C27H24BrN3O2. The Morgan fingerprint density at radius 1 is 0.970 bits per heavy atom. The standard InChI is InChI=1S/C27H24BrN3O2/c1-30-26-23(24(29-30)19-10-14-22(33-2)15-11-19)25(20-8-12-21(28)13-9-20)31(27(26)32)17-16-18-6-4-3-5-7-18/h3-15,25H,16-17H2,1-2H3. The fraction of sp³-hybridized carbons (Fsp3) is 0.185. The first kappa shape index (κ1) is 21.5. The molecule has 4 aromatic rings. The molecule has 1 aliphatic heterocycles. The Morgan fingerprint density at radius 3 is 2.33 bits per heavy atom. The largest absolute Gasteiger partial charge is 0.497 e. The minimum atomic E-state index is -0.199. The smallest absolute Gasteiger partial charge is 0.273 e. The fourth-order valence-electron chi connectivity index (χ4n) is 4.54. The van der Waals surface area contributed by atoms with Crippen molar-refractivity contribution >= 4 is 21.8 Å². The number of nitrogens with zero attached hydrogens (tertiary/aromatic N) is 3. The van der Waals surface area contributed by atoms with Gasteiger partial charge in [0.25, 0.3) is 5.91 Å². The number of carbonyl (C=O) groups excluding carboxylic acids is 1. The molecule has 1 amide bonds. The van der Waals surface area contributed by atoms with Crippen LogP contribution in [0.15, 0.2) is 83.3 Å². The molecule has 0 fully saturated rings. The first-order valence-electron chi connectivity index (χ1n) is 10.9. The van der Waals surface area contributed by atoms with Gasteiger partial charge in [0, 0.05) is 29.2 Å². The van der Waals surface area contributed by atoms with Gasteiger partial charge in [-0.05, 0) is 53.9 Å². The van der Waals surface area contributed by atoms with Crippen molar-refractivity contribution in [3.63, 3.8) is 0 Å². The number of halogens is 1. The lowest BCUT2D eigenvalue weighted by Crippen LogP contribution is -2.32. The number of benzene rings is 3. The average molecular weight is 502 g/mol. The highest BCUT2D eigenvalue weighted by Crippen LogP contribution is 2.44. The van der Waals surface area contributed by atoms with Crippen LogP contribution in [0.5, 0.6) is 5.75 Å². The molecule has 1 aliphatic rings. The minimum Gasteiger partial charge on any atom is -0.497 e. The molecule has 1 unspecified atom stereocenters. The summed E-state index contributed by atoms with van der Waals surface area (Å²) < 4.78 is 8.06. The summed E-state index contributed by atoms with van der Waals surface area (Å²) in [5.74, 6) is 0.806. The fourth-order valence-corrected chi connectivity index (χ4v) is 4.81. The zero-order valence-electron chi connectivity index (χ0n) is 18.5. The molecule has 1 aromatic heterocycles. The molecule has 0 aliphatic carbocycles. The number of hydrogen-bond donors (Lipinski definition) is 0. The summed E-state index contributed by atoms with van der Waals surface area (Å²) in [5, 5.41) is 4.77. The molecule has 5 rings (SSSR count). The van der Waals surface area contributed by atoms with Crippen molar-refractivity contribution < 1.29 is 9.53 Å². The van der Waals surface area contributed by atoms with Crippen molar-refractivity contribution in [2.45, 2.75) is 12.5 Å². The number of aromatic nitrogens is 2. The normalized spacial score (nSPS) is 15.1. The molecule has 0 radical (unpaired) electrons. The lowest BCUT2D eigenvalue weighted by molar-refractivity contribution is 0.0742. The summed E-state index contributed by atoms with van der Waals surface area (Å²) in [7, 11) is 3.50. The van der Waals surface area contributed by atoms with E-state index in [0.717, 1.165) is 39.0 Å². The zero-order chi connectivity index (χ0) is 22.9. The first-order valence-corrected chi connectivity index (χ1v) is 11.7. The van der Waals surface area contributed by atoms with Gasteiger partial charge in [-0.3, -0.25) is 9.48 Å². The van der Waals surface area contributed by atoms with Gasteiger partial charge in [0.05, 0.1) is 18.8 Å². The predicted octanol–water partition coefficient (Wildman–Crippen LogP) is 5.65.